The lowest BCUT2D eigenvalue weighted by atomic mass is 10.1. The average Bonchev–Trinajstić information content (AvgIpc) is 2.20. The van der Waals surface area contributed by atoms with Crippen LogP contribution in [0.4, 0.5) is 5.69 Å². The molecule has 0 aromatic heterocycles. The number of nitrogens with one attached hydrogen (secondary N) is 1. The van der Waals surface area contributed by atoms with Gasteiger partial charge in [0, 0.05) is 40.1 Å². The third kappa shape index (κ3) is 3.85. The molecule has 0 saturated carbocycles. The Bertz CT molecular complexity index is 446. The summed E-state index contributed by atoms with van der Waals surface area (Å²) in [5.74, 6) is 0.278. The number of nitrogens with two attached hydrogens (primary N) is 1. The van der Waals surface area contributed by atoms with E-state index in [2.05, 4.69) is 5.32 Å². The first kappa shape index (κ1) is 13.7. The van der Waals surface area contributed by atoms with Crippen molar-refractivity contribution in [3.05, 3.63) is 29.3 Å². The number of carbonyl (C=O) groups excluding carboxylic acids is 1. The second kappa shape index (κ2) is 5.82. The molecule has 0 radical (unpaired) electrons. The van der Waals surface area contributed by atoms with Gasteiger partial charge < -0.3 is 11.1 Å². The van der Waals surface area contributed by atoms with E-state index >= 15 is 0 Å². The third-order valence-electron chi connectivity index (χ3n) is 2.48. The Morgan fingerprint density at radius 3 is 2.76 bits per heavy atom. The van der Waals surface area contributed by atoms with Crippen LogP contribution in [0.25, 0.3) is 0 Å². The van der Waals surface area contributed by atoms with Gasteiger partial charge in [-0.25, -0.2) is 0 Å². The Hall–Kier alpha value is -1.36. The Kier molecular flexibility index (Phi) is 4.69. The monoisotopic (exact) mass is 254 g/mol. The molecule has 4 nitrogen and oxygen atoms in total. The van der Waals surface area contributed by atoms with E-state index in [4.69, 9.17) is 5.73 Å². The number of carbonyl (C=O) groups is 1. The van der Waals surface area contributed by atoms with Crippen molar-refractivity contribution in [2.45, 2.75) is 19.9 Å². The van der Waals surface area contributed by atoms with Gasteiger partial charge in [-0.2, -0.15) is 0 Å². The Balaban J connectivity index is 2.77. The van der Waals surface area contributed by atoms with Crippen molar-refractivity contribution in [3.63, 3.8) is 0 Å². The van der Waals surface area contributed by atoms with Crippen LogP contribution >= 0.6 is 0 Å². The second-order valence-corrected chi connectivity index (χ2v) is 5.61. The van der Waals surface area contributed by atoms with Crippen LogP contribution in [0.1, 0.15) is 22.8 Å². The first-order chi connectivity index (χ1) is 7.91. The molecule has 1 aromatic rings. The van der Waals surface area contributed by atoms with E-state index < -0.39 is 10.8 Å². The van der Waals surface area contributed by atoms with Gasteiger partial charge in [-0.05, 0) is 31.5 Å². The Morgan fingerprint density at radius 2 is 2.18 bits per heavy atom. The molecular formula is C12H18N2O2S. The summed E-state index contributed by atoms with van der Waals surface area (Å²) in [4.78, 5) is 11.9. The number of hydrogen-bond acceptors (Lipinski definition) is 3. The molecular weight excluding hydrogens is 236 g/mol. The lowest BCUT2D eigenvalue weighted by molar-refractivity contribution is 0.0943. The fourth-order valence-corrected chi connectivity index (χ4v) is 2.38. The van der Waals surface area contributed by atoms with Crippen molar-refractivity contribution in [1.82, 2.24) is 5.32 Å². The van der Waals surface area contributed by atoms with Crippen LogP contribution in [0, 0.1) is 6.92 Å². The van der Waals surface area contributed by atoms with Crippen LogP contribution < -0.4 is 11.1 Å². The van der Waals surface area contributed by atoms with Crippen LogP contribution in [0.2, 0.25) is 0 Å². The van der Waals surface area contributed by atoms with Gasteiger partial charge in [-0.15, -0.1) is 0 Å². The van der Waals surface area contributed by atoms with E-state index in [0.29, 0.717) is 17.0 Å². The van der Waals surface area contributed by atoms with E-state index in [1.54, 1.807) is 24.5 Å². The number of anilines is 1. The third-order valence-corrected chi connectivity index (χ3v) is 3.45. The number of rotatable bonds is 4. The average molecular weight is 254 g/mol. The zero-order valence-electron chi connectivity index (χ0n) is 10.3. The van der Waals surface area contributed by atoms with Crippen molar-refractivity contribution < 1.29 is 9.00 Å². The molecule has 17 heavy (non-hydrogen) atoms. The molecule has 0 spiro atoms. The van der Waals surface area contributed by atoms with E-state index in [9.17, 15) is 9.00 Å². The van der Waals surface area contributed by atoms with Crippen molar-refractivity contribution in [2.24, 2.45) is 0 Å². The summed E-state index contributed by atoms with van der Waals surface area (Å²) in [6, 6.07) is 5.13. The van der Waals surface area contributed by atoms with E-state index in [0.717, 1.165) is 5.56 Å². The second-order valence-electron chi connectivity index (χ2n) is 4.13. The van der Waals surface area contributed by atoms with E-state index in [1.165, 1.54) is 0 Å². The topological polar surface area (TPSA) is 72.2 Å². The van der Waals surface area contributed by atoms with Crippen molar-refractivity contribution in [2.75, 3.05) is 17.7 Å². The molecule has 0 saturated heterocycles. The van der Waals surface area contributed by atoms with Crippen LogP contribution in [-0.4, -0.2) is 28.2 Å². The number of benzene rings is 1. The maximum atomic E-state index is 11.9. The molecule has 0 aliphatic carbocycles. The molecule has 2 unspecified atom stereocenters. The van der Waals surface area contributed by atoms with Gasteiger partial charge >= 0.3 is 0 Å². The summed E-state index contributed by atoms with van der Waals surface area (Å²) < 4.78 is 11.0. The minimum atomic E-state index is -0.918. The molecule has 3 N–H and O–H groups in total. The minimum absolute atomic E-state index is 0.117. The number of amides is 1. The maximum absolute atomic E-state index is 11.9. The fraction of sp³-hybridized carbons (Fsp3) is 0.417. The molecule has 94 valence electrons. The summed E-state index contributed by atoms with van der Waals surface area (Å²) in [5, 5.41) is 2.81. The quantitative estimate of drug-likeness (QED) is 0.790. The molecule has 5 heteroatoms. The van der Waals surface area contributed by atoms with Gasteiger partial charge in [0.05, 0.1) is 0 Å². The summed E-state index contributed by atoms with van der Waals surface area (Å²) in [6.07, 6.45) is 1.62. The summed E-state index contributed by atoms with van der Waals surface area (Å²) in [7, 11) is -0.918. The fourth-order valence-electron chi connectivity index (χ4n) is 1.59. The first-order valence-electron chi connectivity index (χ1n) is 5.37. The smallest absolute Gasteiger partial charge is 0.251 e. The minimum Gasteiger partial charge on any atom is -0.398 e. The molecule has 0 aliphatic rings. The molecule has 1 rings (SSSR count). The largest absolute Gasteiger partial charge is 0.398 e. The van der Waals surface area contributed by atoms with Gasteiger partial charge in [0.1, 0.15) is 0 Å². The standard InChI is InChI=1S/C12H18N2O2S/c1-8(7-17(3)16)14-12(15)10-5-4-6-11(13)9(10)2/h4-6,8H,7,13H2,1-3H3,(H,14,15). The van der Waals surface area contributed by atoms with Crippen LogP contribution in [0.15, 0.2) is 18.2 Å². The highest BCUT2D eigenvalue weighted by Crippen LogP contribution is 2.15. The van der Waals surface area contributed by atoms with E-state index in [1.807, 2.05) is 13.8 Å². The molecule has 1 amide bonds. The van der Waals surface area contributed by atoms with Crippen LogP contribution in [-0.2, 0) is 10.8 Å². The predicted octanol–water partition coefficient (Wildman–Crippen LogP) is 1.07. The highest BCUT2D eigenvalue weighted by atomic mass is 32.2. The SMILES string of the molecule is Cc1c(N)cccc1C(=O)NC(C)CS(C)=O. The van der Waals surface area contributed by atoms with Crippen LogP contribution in [0.5, 0.6) is 0 Å². The van der Waals surface area contributed by atoms with Gasteiger partial charge in [0.15, 0.2) is 0 Å². The Morgan fingerprint density at radius 1 is 1.53 bits per heavy atom. The van der Waals surface area contributed by atoms with Crippen molar-refractivity contribution in [1.29, 1.82) is 0 Å². The van der Waals surface area contributed by atoms with Gasteiger partial charge in [0.2, 0.25) is 0 Å². The summed E-state index contributed by atoms with van der Waals surface area (Å²) in [5.41, 5.74) is 7.68. The first-order valence-corrected chi connectivity index (χ1v) is 7.10. The van der Waals surface area contributed by atoms with E-state index in [-0.39, 0.29) is 11.9 Å². The molecule has 0 heterocycles. The molecule has 0 aliphatic heterocycles. The van der Waals surface area contributed by atoms with Gasteiger partial charge in [-0.3, -0.25) is 9.00 Å². The molecule has 1 aromatic carbocycles. The van der Waals surface area contributed by atoms with Crippen molar-refractivity contribution in [3.8, 4) is 0 Å². The van der Waals surface area contributed by atoms with Crippen LogP contribution in [0.3, 0.4) is 0 Å². The molecule has 0 fully saturated rings. The van der Waals surface area contributed by atoms with Gasteiger partial charge in [-0.1, -0.05) is 6.07 Å². The Labute approximate surface area is 104 Å². The molecule has 2 atom stereocenters. The molecule has 0 bridgehead atoms. The predicted molar refractivity (Wildman–Crippen MR) is 71.5 cm³/mol. The zero-order chi connectivity index (χ0) is 13.0. The number of nitrogen functional groups attached to an aromatic ring is 1. The lowest BCUT2D eigenvalue weighted by Crippen LogP contribution is -2.36. The normalized spacial score (nSPS) is 14.1. The maximum Gasteiger partial charge on any atom is 0.251 e. The zero-order valence-corrected chi connectivity index (χ0v) is 11.1. The van der Waals surface area contributed by atoms with Gasteiger partial charge in [0.25, 0.3) is 5.91 Å². The summed E-state index contributed by atoms with van der Waals surface area (Å²) >= 11 is 0. The van der Waals surface area contributed by atoms with Crippen molar-refractivity contribution >= 4 is 22.4 Å². The number of hydrogen-bond donors (Lipinski definition) is 2. The highest BCUT2D eigenvalue weighted by Gasteiger charge is 2.13. The lowest BCUT2D eigenvalue weighted by Gasteiger charge is -2.14. The highest BCUT2D eigenvalue weighted by molar-refractivity contribution is 7.84. The summed E-state index contributed by atoms with van der Waals surface area (Å²) in [6.45, 7) is 3.65.